The molecule has 4 heteroatoms. The molecule has 3 atom stereocenters. The summed E-state index contributed by atoms with van der Waals surface area (Å²) < 4.78 is 0. The van der Waals surface area contributed by atoms with Gasteiger partial charge in [0.15, 0.2) is 0 Å². The predicted molar refractivity (Wildman–Crippen MR) is 86.2 cm³/mol. The first kappa shape index (κ1) is 14.9. The summed E-state index contributed by atoms with van der Waals surface area (Å²) in [5.41, 5.74) is 0.951. The standard InChI is InChI=1S/C17H23NO2S/c19-15(13-6-2-1-3-7-13)12-14-8-4-10-18(14)17(20)16-9-5-11-21-16/h1-3,6-7,14-16,19H,4-5,8-12H2. The summed E-state index contributed by atoms with van der Waals surface area (Å²) in [5, 5.41) is 10.6. The Balaban J connectivity index is 1.62. The number of thioether (sulfide) groups is 1. The minimum atomic E-state index is -0.471. The molecule has 2 saturated heterocycles. The molecule has 1 N–H and O–H groups in total. The Morgan fingerprint density at radius 2 is 2.10 bits per heavy atom. The maximum absolute atomic E-state index is 12.6. The lowest BCUT2D eigenvalue weighted by atomic mass is 10.0. The van der Waals surface area contributed by atoms with Gasteiger partial charge in [-0.15, -0.1) is 11.8 Å². The van der Waals surface area contributed by atoms with E-state index in [2.05, 4.69) is 0 Å². The van der Waals surface area contributed by atoms with Gasteiger partial charge < -0.3 is 10.0 Å². The first-order valence-corrected chi connectivity index (χ1v) is 8.95. The Kier molecular flexibility index (Phi) is 4.86. The smallest absolute Gasteiger partial charge is 0.235 e. The number of nitrogens with zero attached hydrogens (tertiary/aromatic N) is 1. The van der Waals surface area contributed by atoms with Gasteiger partial charge in [-0.3, -0.25) is 4.79 Å². The van der Waals surface area contributed by atoms with Crippen molar-refractivity contribution in [3.8, 4) is 0 Å². The van der Waals surface area contributed by atoms with Crippen LogP contribution in [0.15, 0.2) is 30.3 Å². The van der Waals surface area contributed by atoms with Crippen molar-refractivity contribution in [3.05, 3.63) is 35.9 Å². The maximum atomic E-state index is 12.6. The van der Waals surface area contributed by atoms with E-state index in [0.717, 1.165) is 43.5 Å². The topological polar surface area (TPSA) is 40.5 Å². The molecule has 114 valence electrons. The molecule has 1 aromatic carbocycles. The maximum Gasteiger partial charge on any atom is 0.235 e. The van der Waals surface area contributed by atoms with Crippen molar-refractivity contribution in [1.29, 1.82) is 0 Å². The van der Waals surface area contributed by atoms with Crippen LogP contribution in [0.1, 0.15) is 43.8 Å². The molecule has 0 saturated carbocycles. The SMILES string of the molecule is O=C(C1CCCS1)N1CCCC1CC(O)c1ccccc1. The van der Waals surface area contributed by atoms with E-state index >= 15 is 0 Å². The van der Waals surface area contributed by atoms with Crippen molar-refractivity contribution >= 4 is 17.7 Å². The lowest BCUT2D eigenvalue weighted by Crippen LogP contribution is -2.41. The fourth-order valence-electron chi connectivity index (χ4n) is 3.40. The molecule has 0 aliphatic carbocycles. The first-order chi connectivity index (χ1) is 10.3. The zero-order valence-electron chi connectivity index (χ0n) is 12.3. The molecule has 1 aromatic rings. The highest BCUT2D eigenvalue weighted by Crippen LogP contribution is 2.33. The number of rotatable bonds is 4. The molecule has 2 aliphatic rings. The third kappa shape index (κ3) is 3.43. The van der Waals surface area contributed by atoms with Crippen molar-refractivity contribution in [2.75, 3.05) is 12.3 Å². The number of carbonyl (C=O) groups is 1. The molecule has 3 nitrogen and oxygen atoms in total. The largest absolute Gasteiger partial charge is 0.388 e. The van der Waals surface area contributed by atoms with Crippen molar-refractivity contribution in [2.24, 2.45) is 0 Å². The summed E-state index contributed by atoms with van der Waals surface area (Å²) in [4.78, 5) is 14.6. The fraction of sp³-hybridized carbons (Fsp3) is 0.588. The van der Waals surface area contributed by atoms with Gasteiger partial charge in [0.1, 0.15) is 0 Å². The van der Waals surface area contributed by atoms with Crippen LogP contribution in [0.5, 0.6) is 0 Å². The van der Waals surface area contributed by atoms with Gasteiger partial charge in [-0.1, -0.05) is 30.3 Å². The van der Waals surface area contributed by atoms with Crippen molar-refractivity contribution < 1.29 is 9.90 Å². The average Bonchev–Trinajstić information content (AvgIpc) is 3.19. The van der Waals surface area contributed by atoms with Crippen LogP contribution in [0, 0.1) is 0 Å². The highest BCUT2D eigenvalue weighted by atomic mass is 32.2. The number of hydrogen-bond donors (Lipinski definition) is 1. The van der Waals surface area contributed by atoms with Gasteiger partial charge in [0.2, 0.25) is 5.91 Å². The van der Waals surface area contributed by atoms with E-state index in [-0.39, 0.29) is 11.3 Å². The summed E-state index contributed by atoms with van der Waals surface area (Å²) in [5.74, 6) is 1.42. The summed E-state index contributed by atoms with van der Waals surface area (Å²) in [6.07, 6.45) is 4.45. The number of hydrogen-bond acceptors (Lipinski definition) is 3. The summed E-state index contributed by atoms with van der Waals surface area (Å²) in [7, 11) is 0. The van der Waals surface area contributed by atoms with Crippen LogP contribution in [0.25, 0.3) is 0 Å². The van der Waals surface area contributed by atoms with E-state index in [1.807, 2.05) is 35.2 Å². The van der Waals surface area contributed by atoms with Crippen LogP contribution in [0.4, 0.5) is 0 Å². The molecular weight excluding hydrogens is 282 g/mol. The van der Waals surface area contributed by atoms with Gasteiger partial charge >= 0.3 is 0 Å². The van der Waals surface area contributed by atoms with Crippen molar-refractivity contribution in [3.63, 3.8) is 0 Å². The van der Waals surface area contributed by atoms with E-state index in [0.29, 0.717) is 12.3 Å². The van der Waals surface area contributed by atoms with Crippen LogP contribution in [-0.4, -0.2) is 39.5 Å². The van der Waals surface area contributed by atoms with Gasteiger partial charge in [0.05, 0.1) is 11.4 Å². The molecule has 0 radical (unpaired) electrons. The van der Waals surface area contributed by atoms with Crippen molar-refractivity contribution in [2.45, 2.75) is 49.5 Å². The lowest BCUT2D eigenvalue weighted by Gasteiger charge is -2.28. The minimum absolute atomic E-state index is 0.166. The van der Waals surface area contributed by atoms with Crippen LogP contribution in [0.3, 0.4) is 0 Å². The Morgan fingerprint density at radius 3 is 2.81 bits per heavy atom. The zero-order chi connectivity index (χ0) is 14.7. The number of carbonyl (C=O) groups excluding carboxylic acids is 1. The van der Waals surface area contributed by atoms with Crippen LogP contribution in [0.2, 0.25) is 0 Å². The molecule has 3 rings (SSSR count). The Morgan fingerprint density at radius 1 is 1.29 bits per heavy atom. The second-order valence-electron chi connectivity index (χ2n) is 5.99. The molecule has 3 unspecified atom stereocenters. The van der Waals surface area contributed by atoms with Gasteiger partial charge in [-0.2, -0.15) is 0 Å². The molecule has 0 spiro atoms. The molecule has 2 heterocycles. The second-order valence-corrected chi connectivity index (χ2v) is 7.30. The number of benzene rings is 1. The molecule has 2 fully saturated rings. The first-order valence-electron chi connectivity index (χ1n) is 7.91. The summed E-state index contributed by atoms with van der Waals surface area (Å²) >= 11 is 1.80. The lowest BCUT2D eigenvalue weighted by molar-refractivity contribution is -0.131. The summed E-state index contributed by atoms with van der Waals surface area (Å²) in [6, 6.07) is 9.97. The fourth-order valence-corrected chi connectivity index (χ4v) is 4.63. The number of aliphatic hydroxyl groups excluding tert-OH is 1. The highest BCUT2D eigenvalue weighted by Gasteiger charge is 2.35. The molecule has 0 aromatic heterocycles. The van der Waals surface area contributed by atoms with Crippen LogP contribution >= 0.6 is 11.8 Å². The van der Waals surface area contributed by atoms with Gasteiger partial charge in [-0.05, 0) is 43.4 Å². The molecule has 21 heavy (non-hydrogen) atoms. The molecule has 2 aliphatic heterocycles. The van der Waals surface area contributed by atoms with Gasteiger partial charge in [0, 0.05) is 12.6 Å². The van der Waals surface area contributed by atoms with Crippen LogP contribution < -0.4 is 0 Å². The van der Waals surface area contributed by atoms with E-state index in [4.69, 9.17) is 0 Å². The zero-order valence-corrected chi connectivity index (χ0v) is 13.1. The average molecular weight is 305 g/mol. The summed E-state index contributed by atoms with van der Waals surface area (Å²) in [6.45, 7) is 0.863. The number of aliphatic hydroxyl groups is 1. The monoisotopic (exact) mass is 305 g/mol. The van der Waals surface area contributed by atoms with E-state index in [1.54, 1.807) is 11.8 Å². The Bertz CT molecular complexity index is 473. The molecule has 0 bridgehead atoms. The second kappa shape index (κ2) is 6.84. The molecule has 1 amide bonds. The predicted octanol–water partition coefficient (Wildman–Crippen LogP) is 3.00. The molecular formula is C17H23NO2S. The normalized spacial score (nSPS) is 27.0. The third-order valence-electron chi connectivity index (χ3n) is 4.55. The van der Waals surface area contributed by atoms with Gasteiger partial charge in [-0.25, -0.2) is 0 Å². The van der Waals surface area contributed by atoms with E-state index in [1.165, 1.54) is 0 Å². The quantitative estimate of drug-likeness (QED) is 0.929. The Hall–Kier alpha value is -1.00. The van der Waals surface area contributed by atoms with E-state index < -0.39 is 6.10 Å². The highest BCUT2D eigenvalue weighted by molar-refractivity contribution is 8.00. The van der Waals surface area contributed by atoms with E-state index in [9.17, 15) is 9.90 Å². The third-order valence-corrected chi connectivity index (χ3v) is 5.91. The van der Waals surface area contributed by atoms with Crippen LogP contribution in [-0.2, 0) is 4.79 Å². The number of likely N-dealkylation sites (tertiary alicyclic amines) is 1. The number of amides is 1. The van der Waals surface area contributed by atoms with Gasteiger partial charge in [0.25, 0.3) is 0 Å². The van der Waals surface area contributed by atoms with Crippen molar-refractivity contribution in [1.82, 2.24) is 4.90 Å². The Labute approximate surface area is 130 Å². The minimum Gasteiger partial charge on any atom is -0.388 e.